The number of hydrogen-bond acceptors (Lipinski definition) is 6. The van der Waals surface area contributed by atoms with Crippen molar-refractivity contribution >= 4 is 23.3 Å². The van der Waals surface area contributed by atoms with Crippen molar-refractivity contribution in [2.24, 2.45) is 0 Å². The van der Waals surface area contributed by atoms with Gasteiger partial charge in [-0.15, -0.1) is 5.10 Å². The molecule has 1 aliphatic rings. The van der Waals surface area contributed by atoms with E-state index in [1.54, 1.807) is 15.9 Å². The lowest BCUT2D eigenvalue weighted by Gasteiger charge is -2.34. The van der Waals surface area contributed by atoms with Crippen LogP contribution in [-0.4, -0.2) is 57.4 Å². The lowest BCUT2D eigenvalue weighted by molar-refractivity contribution is 0.0537. The van der Waals surface area contributed by atoms with E-state index < -0.39 is 0 Å². The van der Waals surface area contributed by atoms with Gasteiger partial charge in [0, 0.05) is 26.2 Å². The van der Waals surface area contributed by atoms with Crippen LogP contribution in [0.1, 0.15) is 32.6 Å². The maximum absolute atomic E-state index is 12.5. The molecule has 0 saturated carbocycles. The van der Waals surface area contributed by atoms with E-state index in [1.807, 2.05) is 6.92 Å². The monoisotopic (exact) mass is 320 g/mol. The molecule has 0 aliphatic carbocycles. The molecule has 22 heavy (non-hydrogen) atoms. The molecule has 0 radical (unpaired) electrons. The van der Waals surface area contributed by atoms with Crippen molar-refractivity contribution in [2.45, 2.75) is 13.3 Å². The van der Waals surface area contributed by atoms with Crippen LogP contribution in [-0.2, 0) is 6.42 Å². The summed E-state index contributed by atoms with van der Waals surface area (Å²) in [4.78, 5) is 28.8. The summed E-state index contributed by atoms with van der Waals surface area (Å²) in [6.07, 6.45) is 3.61. The SMILES string of the molecule is CCc1nnsc1C(=O)N1CCN(C(=O)c2ccoc2)CC1. The van der Waals surface area contributed by atoms with Crippen LogP contribution < -0.4 is 0 Å². The first-order valence-corrected chi connectivity index (χ1v) is 7.90. The molecule has 116 valence electrons. The Morgan fingerprint density at radius 2 is 1.91 bits per heavy atom. The van der Waals surface area contributed by atoms with E-state index in [0.717, 1.165) is 17.2 Å². The molecule has 1 saturated heterocycles. The van der Waals surface area contributed by atoms with Crippen LogP contribution >= 0.6 is 11.5 Å². The van der Waals surface area contributed by atoms with Gasteiger partial charge < -0.3 is 14.2 Å². The standard InChI is InChI=1S/C14H16N4O3S/c1-2-11-12(22-16-15-11)14(20)18-6-4-17(5-7-18)13(19)10-3-8-21-9-10/h3,8-9H,2,4-7H2,1H3. The summed E-state index contributed by atoms with van der Waals surface area (Å²) in [7, 11) is 0. The van der Waals surface area contributed by atoms with Gasteiger partial charge >= 0.3 is 0 Å². The molecular formula is C14H16N4O3S. The highest BCUT2D eigenvalue weighted by atomic mass is 32.1. The van der Waals surface area contributed by atoms with Gasteiger partial charge in [-0.2, -0.15) is 0 Å². The lowest BCUT2D eigenvalue weighted by atomic mass is 10.2. The van der Waals surface area contributed by atoms with E-state index in [-0.39, 0.29) is 11.8 Å². The summed E-state index contributed by atoms with van der Waals surface area (Å²) in [6.45, 7) is 4.02. The quantitative estimate of drug-likeness (QED) is 0.851. The number of furan rings is 1. The average Bonchev–Trinajstić information content (AvgIpc) is 3.24. The molecule has 0 atom stereocenters. The van der Waals surface area contributed by atoms with E-state index in [2.05, 4.69) is 9.59 Å². The third-order valence-corrected chi connectivity index (χ3v) is 4.46. The van der Waals surface area contributed by atoms with Crippen LogP contribution in [0.2, 0.25) is 0 Å². The normalized spacial score (nSPS) is 15.1. The number of carbonyl (C=O) groups excluding carboxylic acids is 2. The number of aryl methyl sites for hydroxylation is 1. The summed E-state index contributed by atoms with van der Waals surface area (Å²) in [6, 6.07) is 1.65. The molecule has 7 nitrogen and oxygen atoms in total. The molecule has 1 fully saturated rings. The number of nitrogens with zero attached hydrogens (tertiary/aromatic N) is 4. The van der Waals surface area contributed by atoms with Crippen LogP contribution in [0.3, 0.4) is 0 Å². The van der Waals surface area contributed by atoms with E-state index in [9.17, 15) is 9.59 Å². The average molecular weight is 320 g/mol. The molecule has 2 aromatic rings. The van der Waals surface area contributed by atoms with Crippen molar-refractivity contribution in [3.63, 3.8) is 0 Å². The highest BCUT2D eigenvalue weighted by Crippen LogP contribution is 2.16. The van der Waals surface area contributed by atoms with Crippen molar-refractivity contribution in [3.8, 4) is 0 Å². The van der Waals surface area contributed by atoms with Gasteiger partial charge in [0.25, 0.3) is 11.8 Å². The summed E-state index contributed by atoms with van der Waals surface area (Å²) >= 11 is 1.14. The van der Waals surface area contributed by atoms with E-state index in [0.29, 0.717) is 43.0 Å². The third-order valence-electron chi connectivity index (χ3n) is 3.71. The summed E-state index contributed by atoms with van der Waals surface area (Å²) in [5.41, 5.74) is 1.28. The Kier molecular flexibility index (Phi) is 4.19. The van der Waals surface area contributed by atoms with E-state index >= 15 is 0 Å². The Balaban J connectivity index is 1.62. The summed E-state index contributed by atoms with van der Waals surface area (Å²) in [5, 5.41) is 3.97. The first-order chi connectivity index (χ1) is 10.7. The lowest BCUT2D eigenvalue weighted by Crippen LogP contribution is -2.50. The van der Waals surface area contributed by atoms with Gasteiger partial charge in [-0.25, -0.2) is 0 Å². The highest BCUT2D eigenvalue weighted by Gasteiger charge is 2.28. The van der Waals surface area contributed by atoms with Crippen LogP contribution in [0.4, 0.5) is 0 Å². The molecular weight excluding hydrogens is 304 g/mol. The predicted octanol–water partition coefficient (Wildman–Crippen LogP) is 1.29. The fraction of sp³-hybridized carbons (Fsp3) is 0.429. The van der Waals surface area contributed by atoms with Gasteiger partial charge in [0.1, 0.15) is 11.1 Å². The zero-order valence-electron chi connectivity index (χ0n) is 12.2. The minimum absolute atomic E-state index is 0.0396. The molecule has 8 heteroatoms. The van der Waals surface area contributed by atoms with Crippen LogP contribution in [0.5, 0.6) is 0 Å². The molecule has 3 heterocycles. The van der Waals surface area contributed by atoms with Crippen molar-refractivity contribution in [2.75, 3.05) is 26.2 Å². The van der Waals surface area contributed by atoms with Crippen LogP contribution in [0, 0.1) is 0 Å². The largest absolute Gasteiger partial charge is 0.472 e. The van der Waals surface area contributed by atoms with Crippen molar-refractivity contribution in [1.29, 1.82) is 0 Å². The Morgan fingerprint density at radius 1 is 1.23 bits per heavy atom. The minimum Gasteiger partial charge on any atom is -0.472 e. The number of amides is 2. The van der Waals surface area contributed by atoms with Gasteiger partial charge in [-0.05, 0) is 24.0 Å². The Labute approximate surface area is 131 Å². The third kappa shape index (κ3) is 2.74. The second kappa shape index (κ2) is 6.27. The van der Waals surface area contributed by atoms with Crippen molar-refractivity contribution < 1.29 is 14.0 Å². The van der Waals surface area contributed by atoms with E-state index in [1.165, 1.54) is 12.5 Å². The fourth-order valence-electron chi connectivity index (χ4n) is 2.43. The summed E-state index contributed by atoms with van der Waals surface area (Å²) < 4.78 is 8.79. The molecule has 2 aromatic heterocycles. The molecule has 0 bridgehead atoms. The number of carbonyl (C=O) groups is 2. The van der Waals surface area contributed by atoms with Gasteiger partial charge in [0.2, 0.25) is 0 Å². The molecule has 0 N–H and O–H groups in total. The Morgan fingerprint density at radius 3 is 2.50 bits per heavy atom. The topological polar surface area (TPSA) is 79.5 Å². The van der Waals surface area contributed by atoms with Gasteiger partial charge in [-0.1, -0.05) is 11.4 Å². The minimum atomic E-state index is -0.0606. The maximum Gasteiger partial charge on any atom is 0.267 e. The van der Waals surface area contributed by atoms with Crippen LogP contribution in [0.15, 0.2) is 23.0 Å². The van der Waals surface area contributed by atoms with E-state index in [4.69, 9.17) is 4.42 Å². The smallest absolute Gasteiger partial charge is 0.267 e. The summed E-state index contributed by atoms with van der Waals surface area (Å²) in [5.74, 6) is -0.100. The van der Waals surface area contributed by atoms with Gasteiger partial charge in [-0.3, -0.25) is 9.59 Å². The van der Waals surface area contributed by atoms with Crippen molar-refractivity contribution in [1.82, 2.24) is 19.4 Å². The van der Waals surface area contributed by atoms with Gasteiger partial charge in [0.15, 0.2) is 0 Å². The number of rotatable bonds is 3. The van der Waals surface area contributed by atoms with Crippen LogP contribution in [0.25, 0.3) is 0 Å². The predicted molar refractivity (Wildman–Crippen MR) is 79.8 cm³/mol. The fourth-order valence-corrected chi connectivity index (χ4v) is 3.15. The molecule has 2 amide bonds. The zero-order chi connectivity index (χ0) is 15.5. The molecule has 0 aromatic carbocycles. The number of piperazine rings is 1. The van der Waals surface area contributed by atoms with Gasteiger partial charge in [0.05, 0.1) is 17.5 Å². The number of hydrogen-bond donors (Lipinski definition) is 0. The second-order valence-electron chi connectivity index (χ2n) is 5.00. The maximum atomic E-state index is 12.5. The molecule has 3 rings (SSSR count). The Bertz CT molecular complexity index is 659. The first-order valence-electron chi connectivity index (χ1n) is 7.12. The molecule has 0 spiro atoms. The number of aromatic nitrogens is 2. The molecule has 0 unspecified atom stereocenters. The second-order valence-corrected chi connectivity index (χ2v) is 5.75. The Hall–Kier alpha value is -2.22. The highest BCUT2D eigenvalue weighted by molar-refractivity contribution is 7.08. The molecule has 1 aliphatic heterocycles. The first kappa shape index (κ1) is 14.7. The van der Waals surface area contributed by atoms with Crippen molar-refractivity contribution in [3.05, 3.63) is 34.7 Å². The zero-order valence-corrected chi connectivity index (χ0v) is 13.0.